The average molecular weight is 1050 g/mol. The van der Waals surface area contributed by atoms with Crippen molar-refractivity contribution in [2.24, 2.45) is 0 Å². The molecule has 0 bridgehead atoms. The second kappa shape index (κ2) is 63.4. The smallest absolute Gasteiger partial charge is 0.306 e. The van der Waals surface area contributed by atoms with Gasteiger partial charge in [-0.1, -0.05) is 293 Å². The average Bonchev–Trinajstić information content (AvgIpc) is 3.41. The predicted octanol–water partition coefficient (Wildman–Crippen LogP) is 22.1. The molecule has 0 aliphatic heterocycles. The highest BCUT2D eigenvalue weighted by Crippen LogP contribution is 2.17. The maximum atomic E-state index is 12.9. The van der Waals surface area contributed by atoms with Crippen LogP contribution in [0.2, 0.25) is 0 Å². The number of allylic oxidation sites excluding steroid dienone is 12. The minimum atomic E-state index is -0.792. The van der Waals surface area contributed by atoms with Gasteiger partial charge in [-0.3, -0.25) is 14.4 Å². The lowest BCUT2D eigenvalue weighted by molar-refractivity contribution is -0.167. The molecule has 0 spiro atoms. The Labute approximate surface area is 465 Å². The van der Waals surface area contributed by atoms with Crippen molar-refractivity contribution in [3.8, 4) is 0 Å². The maximum Gasteiger partial charge on any atom is 0.306 e. The molecule has 0 aliphatic carbocycles. The van der Waals surface area contributed by atoms with E-state index in [1.807, 2.05) is 0 Å². The standard InChI is InChI=1S/C69H122O6/c1-4-7-10-13-16-19-22-25-28-30-31-32-33-34-35-36-37-39-41-44-47-50-53-56-59-62-68(71)74-65-66(64-73-67(70)61-58-55-52-49-46-43-40-27-24-21-18-15-12-9-6-3)75-69(72)63-60-57-54-51-48-45-42-38-29-26-23-20-17-14-11-8-5-2/h9,12,18,21-22,25,27,30-31,40,46,49,66H,4-8,10-11,13-17,19-20,23-24,26,28-29,32-39,41-45,47-48,50-65H2,1-3H3/b12-9-,21-18-,25-22-,31-30-,40-27-,49-46-. The summed E-state index contributed by atoms with van der Waals surface area (Å²) in [6.45, 7) is 6.52. The van der Waals surface area contributed by atoms with E-state index < -0.39 is 6.10 Å². The number of ether oxygens (including phenoxy) is 3. The predicted molar refractivity (Wildman–Crippen MR) is 325 cm³/mol. The molecule has 434 valence electrons. The lowest BCUT2D eigenvalue weighted by Gasteiger charge is -2.18. The zero-order valence-corrected chi connectivity index (χ0v) is 49.8. The van der Waals surface area contributed by atoms with Crippen molar-refractivity contribution in [2.45, 2.75) is 335 Å². The molecule has 0 heterocycles. The van der Waals surface area contributed by atoms with Crippen molar-refractivity contribution >= 4 is 17.9 Å². The van der Waals surface area contributed by atoms with Crippen molar-refractivity contribution in [1.82, 2.24) is 0 Å². The van der Waals surface area contributed by atoms with E-state index >= 15 is 0 Å². The zero-order chi connectivity index (χ0) is 54.3. The number of esters is 3. The zero-order valence-electron chi connectivity index (χ0n) is 49.8. The molecule has 6 heteroatoms. The molecule has 0 fully saturated rings. The van der Waals surface area contributed by atoms with Gasteiger partial charge in [0.05, 0.1) is 0 Å². The fraction of sp³-hybridized carbons (Fsp3) is 0.783. The lowest BCUT2D eigenvalue weighted by Crippen LogP contribution is -2.30. The molecule has 0 aliphatic rings. The minimum absolute atomic E-state index is 0.0858. The van der Waals surface area contributed by atoms with Gasteiger partial charge in [0.2, 0.25) is 0 Å². The van der Waals surface area contributed by atoms with Gasteiger partial charge in [-0.25, -0.2) is 0 Å². The molecule has 0 saturated heterocycles. The summed E-state index contributed by atoms with van der Waals surface area (Å²) in [6.07, 6.45) is 82.0. The molecule has 0 saturated carbocycles. The third-order valence-corrected chi connectivity index (χ3v) is 14.2. The summed E-state index contributed by atoms with van der Waals surface area (Å²) >= 11 is 0. The number of hydrogen-bond acceptors (Lipinski definition) is 6. The summed E-state index contributed by atoms with van der Waals surface area (Å²) in [4.78, 5) is 38.3. The summed E-state index contributed by atoms with van der Waals surface area (Å²) in [5, 5.41) is 0. The van der Waals surface area contributed by atoms with Gasteiger partial charge in [-0.2, -0.15) is 0 Å². The Kier molecular flexibility index (Phi) is 60.7. The maximum absolute atomic E-state index is 12.9. The van der Waals surface area contributed by atoms with Gasteiger partial charge in [0.15, 0.2) is 6.10 Å². The SMILES string of the molecule is CC/C=C\C/C=C\C/C=C\C/C=C\CCCCC(=O)OCC(COC(=O)CCCCCCCCCCCCCCC/C=C\C/C=C\CCCCCCC)OC(=O)CCCCCCCCCCCCCCCCCCC. The van der Waals surface area contributed by atoms with Crippen LogP contribution in [0, 0.1) is 0 Å². The number of carbonyl (C=O) groups excluding carboxylic acids is 3. The van der Waals surface area contributed by atoms with Crippen LogP contribution in [0.15, 0.2) is 72.9 Å². The Hall–Kier alpha value is -3.15. The summed E-state index contributed by atoms with van der Waals surface area (Å²) in [6, 6.07) is 0. The second-order valence-electron chi connectivity index (χ2n) is 21.6. The first-order valence-corrected chi connectivity index (χ1v) is 32.4. The molecule has 0 aromatic carbocycles. The van der Waals surface area contributed by atoms with E-state index in [2.05, 4.69) is 93.7 Å². The van der Waals surface area contributed by atoms with Crippen LogP contribution in [0.25, 0.3) is 0 Å². The summed E-state index contributed by atoms with van der Waals surface area (Å²) in [5.74, 6) is -0.913. The number of carbonyl (C=O) groups is 3. The lowest BCUT2D eigenvalue weighted by atomic mass is 10.0. The van der Waals surface area contributed by atoms with Crippen LogP contribution >= 0.6 is 0 Å². The van der Waals surface area contributed by atoms with E-state index in [4.69, 9.17) is 14.2 Å². The van der Waals surface area contributed by atoms with Gasteiger partial charge in [0.25, 0.3) is 0 Å². The van der Waals surface area contributed by atoms with Gasteiger partial charge < -0.3 is 14.2 Å². The topological polar surface area (TPSA) is 78.9 Å². The van der Waals surface area contributed by atoms with Crippen molar-refractivity contribution < 1.29 is 28.6 Å². The molecule has 0 N–H and O–H groups in total. The molecule has 0 aromatic rings. The fourth-order valence-electron chi connectivity index (χ4n) is 9.35. The summed E-state index contributed by atoms with van der Waals surface area (Å²) in [7, 11) is 0. The number of unbranched alkanes of at least 4 members (excludes halogenated alkanes) is 36. The summed E-state index contributed by atoms with van der Waals surface area (Å²) in [5.41, 5.74) is 0. The van der Waals surface area contributed by atoms with Crippen LogP contribution in [0.3, 0.4) is 0 Å². The molecule has 0 radical (unpaired) electrons. The Morgan fingerprint density at radius 2 is 0.520 bits per heavy atom. The molecule has 0 aromatic heterocycles. The normalized spacial score (nSPS) is 12.5. The van der Waals surface area contributed by atoms with Gasteiger partial charge >= 0.3 is 17.9 Å². The monoisotopic (exact) mass is 1050 g/mol. The Morgan fingerprint density at radius 1 is 0.280 bits per heavy atom. The molecular weight excluding hydrogens is 925 g/mol. The third-order valence-electron chi connectivity index (χ3n) is 14.2. The van der Waals surface area contributed by atoms with Gasteiger partial charge in [-0.05, 0) is 89.9 Å². The van der Waals surface area contributed by atoms with E-state index in [9.17, 15) is 14.4 Å². The Morgan fingerprint density at radius 3 is 0.840 bits per heavy atom. The molecule has 1 atom stereocenters. The van der Waals surface area contributed by atoms with Crippen molar-refractivity contribution in [3.63, 3.8) is 0 Å². The second-order valence-corrected chi connectivity index (χ2v) is 21.6. The fourth-order valence-corrected chi connectivity index (χ4v) is 9.35. The quantitative estimate of drug-likeness (QED) is 0.0261. The molecule has 0 rings (SSSR count). The number of hydrogen-bond donors (Lipinski definition) is 0. The van der Waals surface area contributed by atoms with Crippen LogP contribution in [-0.2, 0) is 28.6 Å². The summed E-state index contributed by atoms with van der Waals surface area (Å²) < 4.78 is 16.9. The molecular formula is C69H122O6. The van der Waals surface area contributed by atoms with Crippen molar-refractivity contribution in [2.75, 3.05) is 13.2 Å². The van der Waals surface area contributed by atoms with E-state index in [-0.39, 0.29) is 31.1 Å². The van der Waals surface area contributed by atoms with E-state index in [1.165, 1.54) is 199 Å². The van der Waals surface area contributed by atoms with Crippen LogP contribution in [-0.4, -0.2) is 37.2 Å². The first-order valence-electron chi connectivity index (χ1n) is 32.4. The number of rotatable bonds is 59. The Bertz CT molecular complexity index is 1390. The molecule has 75 heavy (non-hydrogen) atoms. The molecule has 0 amide bonds. The first kappa shape index (κ1) is 71.8. The highest BCUT2D eigenvalue weighted by atomic mass is 16.6. The molecule has 6 nitrogen and oxygen atoms in total. The first-order chi connectivity index (χ1) is 37.0. The van der Waals surface area contributed by atoms with E-state index in [0.717, 1.165) is 89.9 Å². The van der Waals surface area contributed by atoms with Crippen molar-refractivity contribution in [1.29, 1.82) is 0 Å². The van der Waals surface area contributed by atoms with Crippen LogP contribution in [0.5, 0.6) is 0 Å². The van der Waals surface area contributed by atoms with Crippen molar-refractivity contribution in [3.05, 3.63) is 72.9 Å². The minimum Gasteiger partial charge on any atom is -0.462 e. The van der Waals surface area contributed by atoms with Crippen LogP contribution in [0.1, 0.15) is 329 Å². The van der Waals surface area contributed by atoms with Crippen LogP contribution < -0.4 is 0 Å². The third kappa shape index (κ3) is 61.6. The Balaban J connectivity index is 4.32. The van der Waals surface area contributed by atoms with E-state index in [0.29, 0.717) is 19.3 Å². The van der Waals surface area contributed by atoms with E-state index in [1.54, 1.807) is 0 Å². The van der Waals surface area contributed by atoms with Gasteiger partial charge in [0.1, 0.15) is 13.2 Å². The van der Waals surface area contributed by atoms with Gasteiger partial charge in [-0.15, -0.1) is 0 Å². The highest BCUT2D eigenvalue weighted by molar-refractivity contribution is 5.71. The largest absolute Gasteiger partial charge is 0.462 e. The highest BCUT2D eigenvalue weighted by Gasteiger charge is 2.19. The van der Waals surface area contributed by atoms with Crippen LogP contribution in [0.4, 0.5) is 0 Å². The van der Waals surface area contributed by atoms with Gasteiger partial charge in [0, 0.05) is 19.3 Å². The molecule has 1 unspecified atom stereocenters.